The van der Waals surface area contributed by atoms with Crippen molar-refractivity contribution in [1.82, 2.24) is 15.1 Å². The first-order valence-electron chi connectivity index (χ1n) is 5.57. The van der Waals surface area contributed by atoms with E-state index < -0.39 is 6.43 Å². The van der Waals surface area contributed by atoms with E-state index in [0.29, 0.717) is 0 Å². The van der Waals surface area contributed by atoms with Gasteiger partial charge in [0, 0.05) is 26.2 Å². The van der Waals surface area contributed by atoms with Crippen molar-refractivity contribution in [2.24, 2.45) is 0 Å². The molecule has 2 aliphatic rings. The Kier molecular flexibility index (Phi) is 4.05. The number of nitrogens with one attached hydrogen (secondary N) is 1. The maximum absolute atomic E-state index is 12.4. The molecule has 1 N–H and O–H groups in total. The third kappa shape index (κ3) is 2.67. The van der Waals surface area contributed by atoms with Crippen LogP contribution >= 0.6 is 11.8 Å². The van der Waals surface area contributed by atoms with Gasteiger partial charge < -0.3 is 10.2 Å². The fraction of sp³-hybridized carbons (Fsp3) is 0.800. The zero-order valence-corrected chi connectivity index (χ0v) is 10.1. The number of nitrogens with zero attached hydrogens (tertiary/aromatic N) is 2. The Morgan fingerprint density at radius 2 is 2.12 bits per heavy atom. The predicted molar refractivity (Wildman–Crippen MR) is 62.3 cm³/mol. The lowest BCUT2D eigenvalue weighted by Crippen LogP contribution is -2.52. The molecule has 0 bridgehead atoms. The summed E-state index contributed by atoms with van der Waals surface area (Å²) in [7, 11) is 0. The largest absolute Gasteiger partial charge is 0.359 e. The van der Waals surface area contributed by atoms with E-state index >= 15 is 0 Å². The summed E-state index contributed by atoms with van der Waals surface area (Å²) >= 11 is 1.45. The highest BCUT2D eigenvalue weighted by Crippen LogP contribution is 2.27. The minimum absolute atomic E-state index is 0.00278. The van der Waals surface area contributed by atoms with E-state index in [1.165, 1.54) is 11.8 Å². The van der Waals surface area contributed by atoms with Crippen molar-refractivity contribution in [2.75, 3.05) is 32.7 Å². The summed E-state index contributed by atoms with van der Waals surface area (Å²) in [6, 6.07) is 0. The van der Waals surface area contributed by atoms with E-state index in [2.05, 4.69) is 22.0 Å². The zero-order chi connectivity index (χ0) is 11.5. The number of alkyl halides is 2. The second-order valence-corrected chi connectivity index (χ2v) is 4.93. The second-order valence-electron chi connectivity index (χ2n) is 3.98. The number of thioether (sulfide) groups is 1. The van der Waals surface area contributed by atoms with Gasteiger partial charge >= 0.3 is 0 Å². The molecule has 16 heavy (non-hydrogen) atoms. The fourth-order valence-electron chi connectivity index (χ4n) is 1.95. The van der Waals surface area contributed by atoms with Gasteiger partial charge in [0.25, 0.3) is 6.43 Å². The van der Waals surface area contributed by atoms with Crippen LogP contribution in [0.3, 0.4) is 0 Å². The SMILES string of the molecule is CCN1CCN(C2NC(C(F)F)=CS2)CC1. The lowest BCUT2D eigenvalue weighted by Gasteiger charge is -2.37. The normalized spacial score (nSPS) is 28.2. The molecule has 2 rings (SSSR count). The van der Waals surface area contributed by atoms with E-state index in [4.69, 9.17) is 0 Å². The lowest BCUT2D eigenvalue weighted by atomic mass is 10.3. The van der Waals surface area contributed by atoms with Crippen LogP contribution in [0.5, 0.6) is 0 Å². The predicted octanol–water partition coefficient (Wildman–Crippen LogP) is 1.35. The Hall–Kier alpha value is -0.330. The fourth-order valence-corrected chi connectivity index (χ4v) is 2.99. The van der Waals surface area contributed by atoms with Crippen molar-refractivity contribution >= 4 is 11.8 Å². The van der Waals surface area contributed by atoms with Crippen LogP contribution in [0.4, 0.5) is 8.78 Å². The van der Waals surface area contributed by atoms with E-state index in [1.54, 1.807) is 5.41 Å². The van der Waals surface area contributed by atoms with E-state index in [-0.39, 0.29) is 11.2 Å². The molecule has 0 radical (unpaired) electrons. The Bertz CT molecular complexity index is 265. The molecular formula is C10H17F2N3S. The molecule has 2 heterocycles. The summed E-state index contributed by atoms with van der Waals surface area (Å²) in [5.41, 5.74) is 0.0657. The van der Waals surface area contributed by atoms with Gasteiger partial charge in [-0.1, -0.05) is 18.7 Å². The van der Waals surface area contributed by atoms with Crippen LogP contribution in [-0.2, 0) is 0 Å². The number of hydrogen-bond donors (Lipinski definition) is 1. The zero-order valence-electron chi connectivity index (χ0n) is 9.33. The number of rotatable bonds is 3. The molecule has 0 aromatic rings. The van der Waals surface area contributed by atoms with Crippen molar-refractivity contribution in [3.05, 3.63) is 11.1 Å². The quantitative estimate of drug-likeness (QED) is 0.813. The summed E-state index contributed by atoms with van der Waals surface area (Å²) in [6.07, 6.45) is -2.38. The monoisotopic (exact) mass is 249 g/mol. The minimum Gasteiger partial charge on any atom is -0.359 e. The van der Waals surface area contributed by atoms with Gasteiger partial charge in [-0.15, -0.1) is 0 Å². The molecule has 0 saturated carbocycles. The molecule has 1 saturated heterocycles. The number of piperazine rings is 1. The van der Waals surface area contributed by atoms with Gasteiger partial charge in [-0.3, -0.25) is 4.90 Å². The first kappa shape index (κ1) is 12.1. The van der Waals surface area contributed by atoms with Crippen molar-refractivity contribution in [3.8, 4) is 0 Å². The van der Waals surface area contributed by atoms with Crippen molar-refractivity contribution in [2.45, 2.75) is 18.8 Å². The highest BCUT2D eigenvalue weighted by molar-refractivity contribution is 8.02. The second kappa shape index (κ2) is 5.33. The first-order chi connectivity index (χ1) is 7.70. The molecule has 3 nitrogen and oxygen atoms in total. The van der Waals surface area contributed by atoms with E-state index in [1.807, 2.05) is 0 Å². The molecule has 92 valence electrons. The minimum atomic E-state index is -2.38. The van der Waals surface area contributed by atoms with Crippen molar-refractivity contribution < 1.29 is 8.78 Å². The van der Waals surface area contributed by atoms with Crippen LogP contribution in [0.1, 0.15) is 6.92 Å². The third-order valence-electron chi connectivity index (χ3n) is 3.03. The molecule has 0 aliphatic carbocycles. The van der Waals surface area contributed by atoms with Gasteiger partial charge in [-0.25, -0.2) is 8.78 Å². The Balaban J connectivity index is 1.79. The van der Waals surface area contributed by atoms with Gasteiger partial charge in [0.05, 0.1) is 5.70 Å². The molecule has 0 aromatic carbocycles. The summed E-state index contributed by atoms with van der Waals surface area (Å²) < 4.78 is 24.9. The maximum Gasteiger partial charge on any atom is 0.278 e. The smallest absolute Gasteiger partial charge is 0.278 e. The average molecular weight is 249 g/mol. The third-order valence-corrected chi connectivity index (χ3v) is 4.10. The molecular weight excluding hydrogens is 232 g/mol. The van der Waals surface area contributed by atoms with Crippen molar-refractivity contribution in [3.63, 3.8) is 0 Å². The van der Waals surface area contributed by atoms with Crippen LogP contribution in [0.15, 0.2) is 11.1 Å². The maximum atomic E-state index is 12.4. The van der Waals surface area contributed by atoms with Crippen LogP contribution in [0, 0.1) is 0 Å². The highest BCUT2D eigenvalue weighted by atomic mass is 32.2. The summed E-state index contributed by atoms with van der Waals surface area (Å²) in [5, 5.41) is 4.42. The molecule has 0 amide bonds. The number of allylic oxidation sites excluding steroid dienone is 1. The van der Waals surface area contributed by atoms with Crippen molar-refractivity contribution in [1.29, 1.82) is 0 Å². The van der Waals surface area contributed by atoms with E-state index in [0.717, 1.165) is 32.7 Å². The summed E-state index contributed by atoms with van der Waals surface area (Å²) in [4.78, 5) is 4.60. The highest BCUT2D eigenvalue weighted by Gasteiger charge is 2.29. The molecule has 2 aliphatic heterocycles. The molecule has 1 unspecified atom stereocenters. The molecule has 0 aromatic heterocycles. The summed E-state index contributed by atoms with van der Waals surface area (Å²) in [5.74, 6) is 0. The Morgan fingerprint density at radius 3 is 2.62 bits per heavy atom. The van der Waals surface area contributed by atoms with Gasteiger partial charge in [0.2, 0.25) is 0 Å². The van der Waals surface area contributed by atoms with E-state index in [9.17, 15) is 8.78 Å². The molecule has 1 atom stereocenters. The summed E-state index contributed by atoms with van der Waals surface area (Å²) in [6.45, 7) is 7.17. The lowest BCUT2D eigenvalue weighted by molar-refractivity contribution is 0.114. The number of halogens is 2. The van der Waals surface area contributed by atoms with Crippen LogP contribution in [0.2, 0.25) is 0 Å². The number of likely N-dealkylation sites (N-methyl/N-ethyl adjacent to an activating group) is 1. The van der Waals surface area contributed by atoms with Gasteiger partial charge in [0.1, 0.15) is 5.50 Å². The number of hydrogen-bond acceptors (Lipinski definition) is 4. The Labute approximate surface area is 98.8 Å². The standard InChI is InChI=1S/C10H17F2N3S/c1-2-14-3-5-15(6-4-14)10-13-8(7-16-10)9(11)12/h7,9-10,13H,2-6H2,1H3. The average Bonchev–Trinajstić information content (AvgIpc) is 2.78. The first-order valence-corrected chi connectivity index (χ1v) is 6.51. The van der Waals surface area contributed by atoms with Gasteiger partial charge in [-0.05, 0) is 12.0 Å². The molecule has 1 fully saturated rings. The van der Waals surface area contributed by atoms with Crippen LogP contribution < -0.4 is 5.32 Å². The molecule has 0 spiro atoms. The van der Waals surface area contributed by atoms with Crippen LogP contribution in [-0.4, -0.2) is 54.4 Å². The molecule has 6 heteroatoms. The van der Waals surface area contributed by atoms with Gasteiger partial charge in [0.15, 0.2) is 0 Å². The van der Waals surface area contributed by atoms with Crippen LogP contribution in [0.25, 0.3) is 0 Å². The van der Waals surface area contributed by atoms with Gasteiger partial charge in [-0.2, -0.15) is 0 Å². The topological polar surface area (TPSA) is 18.5 Å². The Morgan fingerprint density at radius 1 is 1.44 bits per heavy atom.